The first-order valence-corrected chi connectivity index (χ1v) is 11.5. The van der Waals surface area contributed by atoms with Gasteiger partial charge in [-0.15, -0.1) is 0 Å². The number of amides is 1. The van der Waals surface area contributed by atoms with E-state index in [2.05, 4.69) is 11.1 Å². The molecule has 0 saturated heterocycles. The van der Waals surface area contributed by atoms with E-state index in [9.17, 15) is 18.7 Å². The molecule has 4 rings (SSSR count). The number of carbonyl (C=O) groups is 1. The topological polar surface area (TPSA) is 91.7 Å². The molecule has 6 nitrogen and oxygen atoms in total. The van der Waals surface area contributed by atoms with Crippen molar-refractivity contribution in [2.75, 3.05) is 7.11 Å². The van der Waals surface area contributed by atoms with Crippen molar-refractivity contribution in [1.29, 1.82) is 0 Å². The Morgan fingerprint density at radius 2 is 1.91 bits per heavy atom. The van der Waals surface area contributed by atoms with E-state index in [1.165, 1.54) is 12.0 Å². The standard InChI is InChI=1S/C18H23NO2.C9H7F2NO2/c1-21-15-5-6-17-16(13-15)14(8-12-19-17)7-11-18(20)9-3-2-4-10-18;10-7-1-2-8(11)6(5-7)3-4-12-9(13)14/h5-6,8,12-13,20H,2-4,7,9-11H2,1H3;1-5,12H,(H,13,14)/b;4-3+. The summed E-state index contributed by atoms with van der Waals surface area (Å²) in [4.78, 5) is 14.4. The fourth-order valence-corrected chi connectivity index (χ4v) is 4.20. The maximum absolute atomic E-state index is 12.9. The molecule has 186 valence electrons. The molecule has 0 atom stereocenters. The Balaban J connectivity index is 0.000000214. The average Bonchev–Trinajstić information content (AvgIpc) is 2.85. The second-order valence-corrected chi connectivity index (χ2v) is 8.59. The predicted molar refractivity (Wildman–Crippen MR) is 131 cm³/mol. The van der Waals surface area contributed by atoms with Crippen LogP contribution in [0.2, 0.25) is 0 Å². The maximum Gasteiger partial charge on any atom is 0.408 e. The Bertz CT molecular complexity index is 1180. The number of carboxylic acid groups (broad SMARTS) is 1. The molecule has 0 bridgehead atoms. The molecule has 0 unspecified atom stereocenters. The fraction of sp³-hybridized carbons (Fsp3) is 0.333. The van der Waals surface area contributed by atoms with Crippen molar-refractivity contribution < 1.29 is 28.5 Å². The summed E-state index contributed by atoms with van der Waals surface area (Å²) in [5.41, 5.74) is 1.76. The Morgan fingerprint density at radius 1 is 1.14 bits per heavy atom. The number of rotatable bonds is 6. The molecule has 8 heteroatoms. The third kappa shape index (κ3) is 7.75. The van der Waals surface area contributed by atoms with Gasteiger partial charge in [0.15, 0.2) is 0 Å². The van der Waals surface area contributed by atoms with E-state index in [1.807, 2.05) is 29.7 Å². The van der Waals surface area contributed by atoms with E-state index in [4.69, 9.17) is 9.84 Å². The molecule has 1 amide bonds. The number of halogens is 2. The highest BCUT2D eigenvalue weighted by Gasteiger charge is 2.28. The van der Waals surface area contributed by atoms with E-state index < -0.39 is 23.3 Å². The largest absolute Gasteiger partial charge is 0.497 e. The SMILES string of the molecule is COc1ccc2nccc(CCC3(O)CCCCC3)c2c1.O=C(O)N/C=C/c1cc(F)ccc1F. The van der Waals surface area contributed by atoms with Crippen LogP contribution in [0.5, 0.6) is 5.75 Å². The van der Waals surface area contributed by atoms with Crippen LogP contribution in [0.4, 0.5) is 13.6 Å². The second kappa shape index (κ2) is 12.3. The van der Waals surface area contributed by atoms with E-state index in [0.717, 1.165) is 85.7 Å². The van der Waals surface area contributed by atoms with Crippen molar-refractivity contribution in [3.8, 4) is 5.75 Å². The highest BCUT2D eigenvalue weighted by atomic mass is 19.1. The number of methoxy groups -OCH3 is 1. The van der Waals surface area contributed by atoms with Crippen LogP contribution in [0.25, 0.3) is 17.0 Å². The highest BCUT2D eigenvalue weighted by molar-refractivity contribution is 5.83. The van der Waals surface area contributed by atoms with Gasteiger partial charge in [-0.25, -0.2) is 13.6 Å². The Morgan fingerprint density at radius 3 is 2.63 bits per heavy atom. The maximum atomic E-state index is 12.9. The quantitative estimate of drug-likeness (QED) is 0.395. The minimum atomic E-state index is -1.27. The molecule has 1 aromatic heterocycles. The van der Waals surface area contributed by atoms with Gasteiger partial charge in [-0.2, -0.15) is 0 Å². The first kappa shape index (κ1) is 26.1. The van der Waals surface area contributed by atoms with Crippen molar-refractivity contribution in [3.05, 3.63) is 77.6 Å². The molecule has 1 aliphatic rings. The normalized spacial score (nSPS) is 14.9. The van der Waals surface area contributed by atoms with Crippen LogP contribution in [0.1, 0.15) is 49.7 Å². The molecule has 1 heterocycles. The lowest BCUT2D eigenvalue weighted by molar-refractivity contribution is -0.00335. The summed E-state index contributed by atoms with van der Waals surface area (Å²) in [5.74, 6) is -0.343. The van der Waals surface area contributed by atoms with Crippen LogP contribution >= 0.6 is 0 Å². The predicted octanol–water partition coefficient (Wildman–Crippen LogP) is 6.07. The first-order valence-electron chi connectivity index (χ1n) is 11.5. The molecular formula is C27H30F2N2O4. The minimum absolute atomic E-state index is 0.0150. The monoisotopic (exact) mass is 484 g/mol. The van der Waals surface area contributed by atoms with Gasteiger partial charge in [-0.05, 0) is 79.8 Å². The van der Waals surface area contributed by atoms with Crippen LogP contribution < -0.4 is 10.1 Å². The van der Waals surface area contributed by atoms with Gasteiger partial charge < -0.3 is 14.9 Å². The van der Waals surface area contributed by atoms with Gasteiger partial charge in [0.2, 0.25) is 0 Å². The van der Waals surface area contributed by atoms with Crippen molar-refractivity contribution >= 4 is 23.1 Å². The summed E-state index contributed by atoms with van der Waals surface area (Å²) in [5, 5.41) is 21.9. The molecule has 1 fully saturated rings. The number of aliphatic hydroxyl groups is 1. The van der Waals surface area contributed by atoms with E-state index >= 15 is 0 Å². The lowest BCUT2D eigenvalue weighted by atomic mass is 9.81. The summed E-state index contributed by atoms with van der Waals surface area (Å²) >= 11 is 0. The van der Waals surface area contributed by atoms with Gasteiger partial charge in [0.05, 0.1) is 18.2 Å². The van der Waals surface area contributed by atoms with Crippen molar-refractivity contribution in [2.24, 2.45) is 0 Å². The van der Waals surface area contributed by atoms with Crippen LogP contribution in [0.15, 0.2) is 54.9 Å². The molecule has 0 radical (unpaired) electrons. The number of pyridine rings is 1. The van der Waals surface area contributed by atoms with Crippen LogP contribution in [-0.2, 0) is 6.42 Å². The molecule has 0 aliphatic heterocycles. The zero-order valence-corrected chi connectivity index (χ0v) is 19.6. The summed E-state index contributed by atoms with van der Waals surface area (Å²) in [7, 11) is 1.68. The van der Waals surface area contributed by atoms with E-state index in [0.29, 0.717) is 0 Å². The molecular weight excluding hydrogens is 454 g/mol. The molecule has 35 heavy (non-hydrogen) atoms. The van der Waals surface area contributed by atoms with Gasteiger partial charge in [0, 0.05) is 23.3 Å². The van der Waals surface area contributed by atoms with Gasteiger partial charge in [-0.3, -0.25) is 10.3 Å². The zero-order valence-electron chi connectivity index (χ0n) is 19.6. The van der Waals surface area contributed by atoms with E-state index in [-0.39, 0.29) is 5.56 Å². The fourth-order valence-electron chi connectivity index (χ4n) is 4.20. The number of nitrogens with zero attached hydrogens (tertiary/aromatic N) is 1. The number of fused-ring (bicyclic) bond motifs is 1. The second-order valence-electron chi connectivity index (χ2n) is 8.59. The van der Waals surface area contributed by atoms with Crippen LogP contribution in [-0.4, -0.2) is 34.0 Å². The highest BCUT2D eigenvalue weighted by Crippen LogP contribution is 2.33. The molecule has 2 aromatic carbocycles. The lowest BCUT2D eigenvalue weighted by Crippen LogP contribution is -2.31. The Kier molecular flexibility index (Phi) is 9.14. The summed E-state index contributed by atoms with van der Waals surface area (Å²) in [6.07, 6.45) is 9.92. The zero-order chi connectivity index (χ0) is 25.3. The van der Waals surface area contributed by atoms with Gasteiger partial charge in [-0.1, -0.05) is 19.3 Å². The number of hydrogen-bond donors (Lipinski definition) is 3. The molecule has 1 saturated carbocycles. The van der Waals surface area contributed by atoms with Gasteiger partial charge >= 0.3 is 6.09 Å². The molecule has 1 aliphatic carbocycles. The van der Waals surface area contributed by atoms with Crippen molar-refractivity contribution in [3.63, 3.8) is 0 Å². The van der Waals surface area contributed by atoms with Crippen LogP contribution in [0.3, 0.4) is 0 Å². The van der Waals surface area contributed by atoms with Crippen molar-refractivity contribution in [2.45, 2.75) is 50.5 Å². The molecule has 3 N–H and O–H groups in total. The third-order valence-electron chi connectivity index (χ3n) is 6.11. The van der Waals surface area contributed by atoms with Gasteiger partial charge in [0.1, 0.15) is 17.4 Å². The van der Waals surface area contributed by atoms with Crippen LogP contribution in [0, 0.1) is 11.6 Å². The summed E-state index contributed by atoms with van der Waals surface area (Å²) in [6, 6.07) is 11.0. The summed E-state index contributed by atoms with van der Waals surface area (Å²) < 4.78 is 30.8. The number of aryl methyl sites for hydroxylation is 1. The van der Waals surface area contributed by atoms with Crippen molar-refractivity contribution in [1.82, 2.24) is 10.3 Å². The number of hydrogen-bond acceptors (Lipinski definition) is 4. The minimum Gasteiger partial charge on any atom is -0.497 e. The lowest BCUT2D eigenvalue weighted by Gasteiger charge is -2.32. The summed E-state index contributed by atoms with van der Waals surface area (Å²) in [6.45, 7) is 0. The Labute approximate surface area is 203 Å². The Hall–Kier alpha value is -3.52. The smallest absolute Gasteiger partial charge is 0.408 e. The number of benzene rings is 2. The average molecular weight is 485 g/mol. The third-order valence-corrected chi connectivity index (χ3v) is 6.11. The molecule has 3 aromatic rings. The van der Waals surface area contributed by atoms with E-state index in [1.54, 1.807) is 7.11 Å². The van der Waals surface area contributed by atoms with Gasteiger partial charge in [0.25, 0.3) is 0 Å². The number of aromatic nitrogens is 1. The first-order chi connectivity index (χ1) is 16.8. The number of nitrogens with one attached hydrogen (secondary N) is 1. The molecule has 0 spiro atoms. The number of ether oxygens (including phenoxy) is 1.